The Balaban J connectivity index is 2.16. The van der Waals surface area contributed by atoms with E-state index in [0.29, 0.717) is 28.2 Å². The fraction of sp³-hybridized carbons (Fsp3) is 0.176. The molecule has 2 N–H and O–H groups in total. The minimum absolute atomic E-state index is 0.0436. The minimum atomic E-state index is -0.583. The van der Waals surface area contributed by atoms with Gasteiger partial charge in [0.25, 0.3) is 5.69 Å². The predicted molar refractivity (Wildman–Crippen MR) is 94.8 cm³/mol. The summed E-state index contributed by atoms with van der Waals surface area (Å²) >= 11 is 5.88. The Bertz CT molecular complexity index is 931. The van der Waals surface area contributed by atoms with Crippen LogP contribution in [0.2, 0.25) is 0 Å². The molecule has 1 unspecified atom stereocenters. The second-order valence-corrected chi connectivity index (χ2v) is 5.64. The van der Waals surface area contributed by atoms with Crippen molar-refractivity contribution in [2.24, 2.45) is 5.73 Å². The Morgan fingerprint density at radius 3 is 2.56 bits per heavy atom. The number of nitrogens with zero attached hydrogens (tertiary/aromatic N) is 3. The first-order chi connectivity index (χ1) is 12.0. The summed E-state index contributed by atoms with van der Waals surface area (Å²) in [6, 6.07) is 11.1. The molecule has 1 atom stereocenters. The number of methoxy groups -OCH3 is 1. The normalized spacial score (nSPS) is 12.1. The van der Waals surface area contributed by atoms with Crippen LogP contribution in [0, 0.1) is 10.1 Å². The summed E-state index contributed by atoms with van der Waals surface area (Å²) in [6.07, 6.45) is 0. The van der Waals surface area contributed by atoms with Crippen LogP contribution < -0.4 is 10.5 Å². The lowest BCUT2D eigenvalue weighted by molar-refractivity contribution is -0.384. The van der Waals surface area contributed by atoms with E-state index in [1.54, 1.807) is 25.3 Å². The molecule has 0 amide bonds. The average molecular weight is 359 g/mol. The van der Waals surface area contributed by atoms with Crippen molar-refractivity contribution in [1.82, 2.24) is 9.97 Å². The zero-order valence-corrected chi connectivity index (χ0v) is 14.1. The van der Waals surface area contributed by atoms with Gasteiger partial charge in [-0.1, -0.05) is 12.1 Å². The minimum Gasteiger partial charge on any atom is -0.497 e. The number of hydrogen-bond donors (Lipinski definition) is 1. The number of alkyl halides is 1. The van der Waals surface area contributed by atoms with Gasteiger partial charge in [-0.25, -0.2) is 9.97 Å². The van der Waals surface area contributed by atoms with E-state index in [1.165, 1.54) is 12.1 Å². The van der Waals surface area contributed by atoms with Crippen molar-refractivity contribution in [3.63, 3.8) is 0 Å². The number of ether oxygens (including phenoxy) is 1. The van der Waals surface area contributed by atoms with E-state index in [0.717, 1.165) is 5.56 Å². The maximum Gasteiger partial charge on any atom is 0.270 e. The van der Waals surface area contributed by atoms with Crippen LogP contribution in [0.3, 0.4) is 0 Å². The SMILES string of the molecule is COc1ccc(C(N)c2nc(CCl)nc3ccc([N+](=O)[O-])cc23)cc1. The molecule has 3 rings (SSSR count). The number of halogens is 1. The van der Waals surface area contributed by atoms with Gasteiger partial charge in [0.2, 0.25) is 0 Å². The van der Waals surface area contributed by atoms with E-state index >= 15 is 0 Å². The molecule has 0 radical (unpaired) electrons. The molecule has 128 valence electrons. The van der Waals surface area contributed by atoms with Crippen LogP contribution >= 0.6 is 11.6 Å². The highest BCUT2D eigenvalue weighted by Crippen LogP contribution is 2.29. The number of nitrogens with two attached hydrogens (primary N) is 1. The summed E-state index contributed by atoms with van der Waals surface area (Å²) < 4.78 is 5.14. The van der Waals surface area contributed by atoms with E-state index in [-0.39, 0.29) is 11.6 Å². The average Bonchev–Trinajstić information content (AvgIpc) is 2.66. The molecule has 0 saturated heterocycles. The smallest absolute Gasteiger partial charge is 0.270 e. The molecule has 7 nitrogen and oxygen atoms in total. The monoisotopic (exact) mass is 358 g/mol. The molecular formula is C17H15ClN4O3. The lowest BCUT2D eigenvalue weighted by Crippen LogP contribution is -2.15. The lowest BCUT2D eigenvalue weighted by Gasteiger charge is -2.15. The van der Waals surface area contributed by atoms with Gasteiger partial charge in [-0.2, -0.15) is 0 Å². The van der Waals surface area contributed by atoms with E-state index < -0.39 is 11.0 Å². The third kappa shape index (κ3) is 3.38. The zero-order chi connectivity index (χ0) is 18.0. The number of aromatic nitrogens is 2. The summed E-state index contributed by atoms with van der Waals surface area (Å²) in [6.45, 7) is 0. The molecule has 3 aromatic rings. The number of fused-ring (bicyclic) bond motifs is 1. The van der Waals surface area contributed by atoms with Crippen LogP contribution in [0.5, 0.6) is 5.75 Å². The number of hydrogen-bond acceptors (Lipinski definition) is 6. The summed E-state index contributed by atoms with van der Waals surface area (Å²) in [5.41, 5.74) is 8.19. The molecule has 8 heteroatoms. The Labute approximate surface area is 148 Å². The molecule has 0 aliphatic rings. The maximum atomic E-state index is 11.1. The zero-order valence-electron chi connectivity index (χ0n) is 13.3. The van der Waals surface area contributed by atoms with Crippen molar-refractivity contribution in [3.8, 4) is 5.75 Å². The number of nitro groups is 1. The van der Waals surface area contributed by atoms with Gasteiger partial charge in [-0.3, -0.25) is 10.1 Å². The van der Waals surface area contributed by atoms with Crippen LogP contribution in [0.1, 0.15) is 23.1 Å². The lowest BCUT2D eigenvalue weighted by atomic mass is 10.0. The van der Waals surface area contributed by atoms with Gasteiger partial charge in [-0.15, -0.1) is 11.6 Å². The van der Waals surface area contributed by atoms with E-state index in [1.807, 2.05) is 12.1 Å². The van der Waals surface area contributed by atoms with Crippen LogP contribution in [-0.2, 0) is 5.88 Å². The van der Waals surface area contributed by atoms with Gasteiger partial charge < -0.3 is 10.5 Å². The Morgan fingerprint density at radius 2 is 1.96 bits per heavy atom. The van der Waals surface area contributed by atoms with Crippen LogP contribution in [0.4, 0.5) is 5.69 Å². The van der Waals surface area contributed by atoms with Gasteiger partial charge in [-0.05, 0) is 23.8 Å². The second-order valence-electron chi connectivity index (χ2n) is 5.37. The molecule has 2 aromatic carbocycles. The molecule has 0 aliphatic heterocycles. The van der Waals surface area contributed by atoms with Gasteiger partial charge >= 0.3 is 0 Å². The molecule has 1 heterocycles. The van der Waals surface area contributed by atoms with Crippen LogP contribution in [0.25, 0.3) is 10.9 Å². The molecule has 1 aromatic heterocycles. The Hall–Kier alpha value is -2.77. The summed E-state index contributed by atoms with van der Waals surface area (Å²) in [5.74, 6) is 1.25. The third-order valence-corrected chi connectivity index (χ3v) is 4.09. The third-order valence-electron chi connectivity index (χ3n) is 3.85. The van der Waals surface area contributed by atoms with Crippen molar-refractivity contribution in [1.29, 1.82) is 0 Å². The predicted octanol–water partition coefficient (Wildman–Crippen LogP) is 3.33. The van der Waals surface area contributed by atoms with Crippen molar-refractivity contribution < 1.29 is 9.66 Å². The van der Waals surface area contributed by atoms with Crippen molar-refractivity contribution in [2.45, 2.75) is 11.9 Å². The van der Waals surface area contributed by atoms with Gasteiger partial charge in [0.1, 0.15) is 11.6 Å². The highest BCUT2D eigenvalue weighted by molar-refractivity contribution is 6.16. The van der Waals surface area contributed by atoms with Crippen molar-refractivity contribution >= 4 is 28.2 Å². The van der Waals surface area contributed by atoms with Gasteiger partial charge in [0.05, 0.1) is 35.2 Å². The molecule has 0 spiro atoms. The second kappa shape index (κ2) is 7.00. The largest absolute Gasteiger partial charge is 0.497 e. The molecule has 0 fully saturated rings. The maximum absolute atomic E-state index is 11.1. The highest BCUT2D eigenvalue weighted by atomic mass is 35.5. The summed E-state index contributed by atoms with van der Waals surface area (Å²) in [4.78, 5) is 19.4. The number of rotatable bonds is 5. The fourth-order valence-electron chi connectivity index (χ4n) is 2.57. The molecule has 0 bridgehead atoms. The Kier molecular flexibility index (Phi) is 4.78. The van der Waals surface area contributed by atoms with Gasteiger partial charge in [0.15, 0.2) is 0 Å². The van der Waals surface area contributed by atoms with E-state index in [9.17, 15) is 10.1 Å². The molecule has 25 heavy (non-hydrogen) atoms. The van der Waals surface area contributed by atoms with Crippen molar-refractivity contribution in [2.75, 3.05) is 7.11 Å². The first-order valence-corrected chi connectivity index (χ1v) is 7.97. The fourth-order valence-corrected chi connectivity index (χ4v) is 2.69. The number of benzene rings is 2. The topological polar surface area (TPSA) is 104 Å². The quantitative estimate of drug-likeness (QED) is 0.426. The molecular weight excluding hydrogens is 344 g/mol. The summed E-state index contributed by atoms with van der Waals surface area (Å²) in [5, 5.41) is 11.6. The summed E-state index contributed by atoms with van der Waals surface area (Å²) in [7, 11) is 1.58. The number of non-ortho nitro benzene ring substituents is 1. The number of nitro benzene ring substituents is 1. The van der Waals surface area contributed by atoms with E-state index in [4.69, 9.17) is 22.1 Å². The first-order valence-electron chi connectivity index (χ1n) is 7.44. The standard InChI is InChI=1S/C17H15ClN4O3/c1-25-12-5-2-10(3-6-12)16(19)17-13-8-11(22(23)24)4-7-14(13)20-15(9-18)21-17/h2-8,16H,9,19H2,1H3. The Morgan fingerprint density at radius 1 is 1.24 bits per heavy atom. The molecule has 0 aliphatic carbocycles. The van der Waals surface area contributed by atoms with Crippen LogP contribution in [0.15, 0.2) is 42.5 Å². The molecule has 0 saturated carbocycles. The van der Waals surface area contributed by atoms with Crippen LogP contribution in [-0.4, -0.2) is 22.0 Å². The van der Waals surface area contributed by atoms with Gasteiger partial charge in [0, 0.05) is 17.5 Å². The highest BCUT2D eigenvalue weighted by Gasteiger charge is 2.19. The van der Waals surface area contributed by atoms with Crippen molar-refractivity contribution in [3.05, 3.63) is 69.7 Å². The van der Waals surface area contributed by atoms with E-state index in [2.05, 4.69) is 9.97 Å². The first kappa shape index (κ1) is 17.1.